The quantitative estimate of drug-likeness (QED) is 0.324. The van der Waals surface area contributed by atoms with Gasteiger partial charge in [-0.1, -0.05) is 74.0 Å². The molecular weight excluding hydrogens is 379 g/mol. The van der Waals surface area contributed by atoms with E-state index in [2.05, 4.69) is 56.0 Å². The average molecular weight is 415 g/mol. The van der Waals surface area contributed by atoms with Crippen LogP contribution in [0.3, 0.4) is 0 Å². The number of benzene rings is 3. The van der Waals surface area contributed by atoms with Crippen molar-refractivity contribution in [1.82, 2.24) is 0 Å². The number of fused-ring (bicyclic) bond motifs is 1. The van der Waals surface area contributed by atoms with E-state index in [1.54, 1.807) is 0 Å². The van der Waals surface area contributed by atoms with Crippen molar-refractivity contribution in [2.75, 3.05) is 0 Å². The van der Waals surface area contributed by atoms with Gasteiger partial charge < -0.3 is 0 Å². The van der Waals surface area contributed by atoms with Gasteiger partial charge >= 0.3 is 0 Å². The van der Waals surface area contributed by atoms with Crippen molar-refractivity contribution in [2.45, 2.75) is 70.6 Å². The first-order valence-electron chi connectivity index (χ1n) is 12.1. The molecule has 0 nitrogen and oxygen atoms in total. The van der Waals surface area contributed by atoms with Gasteiger partial charge in [0.1, 0.15) is 5.82 Å². The fourth-order valence-electron chi connectivity index (χ4n) is 5.14. The van der Waals surface area contributed by atoms with E-state index in [9.17, 15) is 4.39 Å². The van der Waals surface area contributed by atoms with Gasteiger partial charge in [0.25, 0.3) is 0 Å². The number of halogens is 1. The van der Waals surface area contributed by atoms with Gasteiger partial charge in [0.05, 0.1) is 0 Å². The lowest BCUT2D eigenvalue weighted by molar-refractivity contribution is 0.319. The fraction of sp³-hybridized carbons (Fsp3) is 0.400. The van der Waals surface area contributed by atoms with Gasteiger partial charge in [-0.25, -0.2) is 4.39 Å². The first kappa shape index (κ1) is 21.8. The third-order valence-corrected chi connectivity index (χ3v) is 7.29. The minimum Gasteiger partial charge on any atom is -0.206 e. The molecule has 0 saturated heterocycles. The molecule has 0 aliphatic heterocycles. The second-order valence-corrected chi connectivity index (χ2v) is 9.29. The van der Waals surface area contributed by atoms with E-state index in [-0.39, 0.29) is 5.82 Å². The molecule has 0 unspecified atom stereocenters. The molecule has 31 heavy (non-hydrogen) atoms. The minimum absolute atomic E-state index is 0.0746. The molecule has 3 aromatic carbocycles. The Kier molecular flexibility index (Phi) is 7.22. The Labute approximate surface area is 187 Å². The van der Waals surface area contributed by atoms with Crippen LogP contribution in [0.1, 0.15) is 73.6 Å². The molecule has 1 fully saturated rings. The van der Waals surface area contributed by atoms with E-state index in [4.69, 9.17) is 0 Å². The molecule has 0 radical (unpaired) electrons. The lowest BCUT2D eigenvalue weighted by Gasteiger charge is -2.28. The molecule has 1 aliphatic carbocycles. The van der Waals surface area contributed by atoms with Gasteiger partial charge in [-0.05, 0) is 90.8 Å². The van der Waals surface area contributed by atoms with Gasteiger partial charge in [0, 0.05) is 5.39 Å². The van der Waals surface area contributed by atoms with Gasteiger partial charge in [-0.3, -0.25) is 0 Å². The molecule has 0 bridgehead atoms. The highest BCUT2D eigenvalue weighted by Gasteiger charge is 2.21. The molecule has 162 valence electrons. The van der Waals surface area contributed by atoms with Crippen LogP contribution in [0.4, 0.5) is 4.39 Å². The molecule has 0 atom stereocenters. The van der Waals surface area contributed by atoms with Gasteiger partial charge in [0.2, 0.25) is 0 Å². The van der Waals surface area contributed by atoms with Crippen molar-refractivity contribution < 1.29 is 4.39 Å². The Morgan fingerprint density at radius 1 is 0.871 bits per heavy atom. The van der Waals surface area contributed by atoms with Crippen LogP contribution in [0.5, 0.6) is 0 Å². The molecule has 0 heterocycles. The summed E-state index contributed by atoms with van der Waals surface area (Å²) in [6.07, 6.45) is 12.2. The predicted octanol–water partition coefficient (Wildman–Crippen LogP) is 8.57. The highest BCUT2D eigenvalue weighted by molar-refractivity contribution is 5.84. The summed E-state index contributed by atoms with van der Waals surface area (Å²) in [6.45, 7) is 6.06. The van der Waals surface area contributed by atoms with Crippen LogP contribution >= 0.6 is 0 Å². The monoisotopic (exact) mass is 414 g/mol. The van der Waals surface area contributed by atoms with Crippen molar-refractivity contribution >= 4 is 10.8 Å². The van der Waals surface area contributed by atoms with Crippen LogP contribution in [-0.2, 0) is 19.3 Å². The third-order valence-electron chi connectivity index (χ3n) is 7.29. The second-order valence-electron chi connectivity index (χ2n) is 9.29. The number of hydrogen-bond donors (Lipinski definition) is 0. The van der Waals surface area contributed by atoms with Crippen LogP contribution in [0.15, 0.2) is 67.3 Å². The SMILES string of the molecule is C=CCCc1ccc2cc(CCc3ccc(C4CCC(CC)CC4)cc3)ccc2c1F. The lowest BCUT2D eigenvalue weighted by atomic mass is 9.78. The average Bonchev–Trinajstić information content (AvgIpc) is 2.83. The highest BCUT2D eigenvalue weighted by Crippen LogP contribution is 2.37. The molecule has 0 spiro atoms. The van der Waals surface area contributed by atoms with Crippen molar-refractivity contribution in [2.24, 2.45) is 5.92 Å². The van der Waals surface area contributed by atoms with E-state index < -0.39 is 0 Å². The largest absolute Gasteiger partial charge is 0.206 e. The topological polar surface area (TPSA) is 0 Å². The van der Waals surface area contributed by atoms with E-state index in [1.165, 1.54) is 48.8 Å². The van der Waals surface area contributed by atoms with Crippen molar-refractivity contribution in [1.29, 1.82) is 0 Å². The summed E-state index contributed by atoms with van der Waals surface area (Å²) < 4.78 is 14.8. The van der Waals surface area contributed by atoms with Crippen LogP contribution in [0.2, 0.25) is 0 Å². The van der Waals surface area contributed by atoms with Gasteiger partial charge in [-0.15, -0.1) is 6.58 Å². The summed E-state index contributed by atoms with van der Waals surface area (Å²) >= 11 is 0. The zero-order valence-corrected chi connectivity index (χ0v) is 18.9. The smallest absolute Gasteiger partial charge is 0.134 e. The summed E-state index contributed by atoms with van der Waals surface area (Å²) in [7, 11) is 0. The zero-order chi connectivity index (χ0) is 21.6. The first-order chi connectivity index (χ1) is 15.2. The van der Waals surface area contributed by atoms with Crippen molar-refractivity contribution in [3.8, 4) is 0 Å². The maximum Gasteiger partial charge on any atom is 0.134 e. The first-order valence-corrected chi connectivity index (χ1v) is 12.1. The molecule has 0 aromatic heterocycles. The summed E-state index contributed by atoms with van der Waals surface area (Å²) in [4.78, 5) is 0. The standard InChI is InChI=1S/C30H35F/c1-3-5-6-27-18-19-28-21-24(13-20-29(28)30(27)31)8-7-23-11-16-26(17-12-23)25-14-9-22(4-2)10-15-25/h3,11-13,16-22,25H,1,4-10,14-15H2,2H3. The summed E-state index contributed by atoms with van der Waals surface area (Å²) in [5.74, 6) is 1.63. The van der Waals surface area contributed by atoms with E-state index in [0.29, 0.717) is 6.42 Å². The van der Waals surface area contributed by atoms with Crippen LogP contribution in [0.25, 0.3) is 10.8 Å². The molecule has 1 heteroatoms. The molecule has 1 saturated carbocycles. The molecule has 3 aromatic rings. The van der Waals surface area contributed by atoms with Crippen molar-refractivity contribution in [3.63, 3.8) is 0 Å². The second kappa shape index (κ2) is 10.3. The number of rotatable bonds is 8. The maximum absolute atomic E-state index is 14.8. The zero-order valence-electron chi connectivity index (χ0n) is 18.9. The summed E-state index contributed by atoms with van der Waals surface area (Å²) in [6, 6.07) is 19.5. The predicted molar refractivity (Wildman–Crippen MR) is 131 cm³/mol. The van der Waals surface area contributed by atoms with E-state index in [0.717, 1.165) is 47.4 Å². The number of hydrogen-bond acceptors (Lipinski definition) is 0. The number of allylic oxidation sites excluding steroid dienone is 1. The Bertz CT molecular complexity index is 1010. The van der Waals surface area contributed by atoms with Crippen LogP contribution in [-0.4, -0.2) is 0 Å². The Morgan fingerprint density at radius 2 is 1.58 bits per heavy atom. The van der Waals surface area contributed by atoms with Crippen LogP contribution < -0.4 is 0 Å². The summed E-state index contributed by atoms with van der Waals surface area (Å²) in [5, 5.41) is 1.72. The van der Waals surface area contributed by atoms with Crippen molar-refractivity contribution in [3.05, 3.63) is 95.3 Å². The highest BCUT2D eigenvalue weighted by atomic mass is 19.1. The Hall–Kier alpha value is -2.41. The third kappa shape index (κ3) is 5.26. The maximum atomic E-state index is 14.8. The Morgan fingerprint density at radius 3 is 2.29 bits per heavy atom. The molecule has 1 aliphatic rings. The number of aryl methyl sites for hydroxylation is 3. The normalized spacial score (nSPS) is 18.9. The summed E-state index contributed by atoms with van der Waals surface area (Å²) in [5.41, 5.74) is 4.96. The van der Waals surface area contributed by atoms with E-state index >= 15 is 0 Å². The molecular formula is C30H35F. The van der Waals surface area contributed by atoms with E-state index in [1.807, 2.05) is 18.2 Å². The van der Waals surface area contributed by atoms with Gasteiger partial charge in [0.15, 0.2) is 0 Å². The fourth-order valence-corrected chi connectivity index (χ4v) is 5.14. The van der Waals surface area contributed by atoms with Crippen LogP contribution in [0, 0.1) is 11.7 Å². The molecule has 4 rings (SSSR count). The molecule has 0 N–H and O–H groups in total. The lowest BCUT2D eigenvalue weighted by Crippen LogP contribution is -2.12. The Balaban J connectivity index is 1.38. The van der Waals surface area contributed by atoms with Gasteiger partial charge in [-0.2, -0.15) is 0 Å². The minimum atomic E-state index is -0.0746. The molecule has 0 amide bonds.